The zero-order valence-corrected chi connectivity index (χ0v) is 11.8. The third-order valence-electron chi connectivity index (χ3n) is 4.35. The molecule has 0 bridgehead atoms. The smallest absolute Gasteiger partial charge is 0.236 e. The van der Waals surface area contributed by atoms with Gasteiger partial charge in [0, 0.05) is 26.2 Å². The molecule has 1 aliphatic heterocycles. The minimum Gasteiger partial charge on any atom is -0.342 e. The van der Waals surface area contributed by atoms with Gasteiger partial charge in [-0.2, -0.15) is 0 Å². The fourth-order valence-corrected chi connectivity index (χ4v) is 2.66. The van der Waals surface area contributed by atoms with Gasteiger partial charge in [-0.1, -0.05) is 6.92 Å². The first kappa shape index (κ1) is 13.8. The molecule has 2 fully saturated rings. The van der Waals surface area contributed by atoms with Gasteiger partial charge in [0.1, 0.15) is 0 Å². The molecule has 0 aromatic heterocycles. The molecule has 0 aromatic rings. The van der Waals surface area contributed by atoms with Crippen LogP contribution in [0.2, 0.25) is 0 Å². The molecular weight excluding hydrogens is 226 g/mol. The van der Waals surface area contributed by atoms with Crippen LogP contribution in [-0.2, 0) is 4.79 Å². The number of likely N-dealkylation sites (N-methyl/N-ethyl adjacent to an activating group) is 1. The van der Waals surface area contributed by atoms with Gasteiger partial charge in [-0.15, -0.1) is 0 Å². The maximum Gasteiger partial charge on any atom is 0.236 e. The average Bonchev–Trinajstić information content (AvgIpc) is 3.22. The van der Waals surface area contributed by atoms with E-state index in [9.17, 15) is 4.79 Å². The lowest BCUT2D eigenvalue weighted by Gasteiger charge is -2.36. The number of carbonyl (C=O) groups excluding carboxylic acids is 1. The van der Waals surface area contributed by atoms with E-state index < -0.39 is 0 Å². The van der Waals surface area contributed by atoms with Crippen LogP contribution in [0.4, 0.5) is 0 Å². The number of nitrogens with zero attached hydrogens (tertiary/aromatic N) is 2. The summed E-state index contributed by atoms with van der Waals surface area (Å²) in [5.74, 6) is 1.10. The monoisotopic (exact) mass is 253 g/mol. The Morgan fingerprint density at radius 1 is 1.28 bits per heavy atom. The number of likely N-dealkylation sites (tertiary alicyclic amines) is 1. The summed E-state index contributed by atoms with van der Waals surface area (Å²) >= 11 is 0. The van der Waals surface area contributed by atoms with Gasteiger partial charge in [0.2, 0.25) is 5.91 Å². The fraction of sp³-hybridized carbons (Fsp3) is 0.929. The second-order valence-corrected chi connectivity index (χ2v) is 5.74. The molecule has 1 heterocycles. The molecule has 0 aromatic carbocycles. The molecule has 104 valence electrons. The number of carbonyl (C=O) groups is 1. The maximum atomic E-state index is 12.0. The zero-order chi connectivity index (χ0) is 13.0. The SMILES string of the molecule is CCN1CCC(N(C)C(=O)CNCC2CC2)CC1. The van der Waals surface area contributed by atoms with Crippen molar-refractivity contribution >= 4 is 5.91 Å². The lowest BCUT2D eigenvalue weighted by Crippen LogP contribution is -2.47. The average molecular weight is 253 g/mol. The molecule has 18 heavy (non-hydrogen) atoms. The molecule has 0 atom stereocenters. The predicted octanol–water partition coefficient (Wildman–Crippen LogP) is 0.929. The lowest BCUT2D eigenvalue weighted by atomic mass is 10.0. The Kier molecular flexibility index (Phi) is 5.01. The molecule has 0 spiro atoms. The third-order valence-corrected chi connectivity index (χ3v) is 4.35. The van der Waals surface area contributed by atoms with Crippen LogP contribution in [0.5, 0.6) is 0 Å². The van der Waals surface area contributed by atoms with Crippen LogP contribution in [0, 0.1) is 5.92 Å². The standard InChI is InChI=1S/C14H27N3O/c1-3-17-8-6-13(7-9-17)16(2)14(18)11-15-10-12-4-5-12/h12-13,15H,3-11H2,1-2H3. The Bertz CT molecular complexity index is 270. The Morgan fingerprint density at radius 3 is 2.50 bits per heavy atom. The molecule has 2 rings (SSSR count). The molecule has 0 radical (unpaired) electrons. The summed E-state index contributed by atoms with van der Waals surface area (Å²) in [6.45, 7) is 7.14. The second kappa shape index (κ2) is 6.53. The summed E-state index contributed by atoms with van der Waals surface area (Å²) in [6.07, 6.45) is 4.93. The normalized spacial score (nSPS) is 22.1. The first-order valence-electron chi connectivity index (χ1n) is 7.39. The largest absolute Gasteiger partial charge is 0.342 e. The Hall–Kier alpha value is -0.610. The topological polar surface area (TPSA) is 35.6 Å². The van der Waals surface area contributed by atoms with Crippen LogP contribution >= 0.6 is 0 Å². The van der Waals surface area contributed by atoms with Gasteiger partial charge in [0.25, 0.3) is 0 Å². The van der Waals surface area contributed by atoms with E-state index in [-0.39, 0.29) is 5.91 Å². The van der Waals surface area contributed by atoms with Gasteiger partial charge in [0.05, 0.1) is 6.54 Å². The van der Waals surface area contributed by atoms with Crippen molar-refractivity contribution < 1.29 is 4.79 Å². The molecule has 1 amide bonds. The first-order chi connectivity index (χ1) is 8.70. The Labute approximate surface area is 111 Å². The van der Waals surface area contributed by atoms with Gasteiger partial charge >= 0.3 is 0 Å². The summed E-state index contributed by atoms with van der Waals surface area (Å²) < 4.78 is 0. The molecule has 1 N–H and O–H groups in total. The van der Waals surface area contributed by atoms with Crippen molar-refractivity contribution in [1.29, 1.82) is 0 Å². The molecule has 2 aliphatic rings. The number of hydrogen-bond donors (Lipinski definition) is 1. The Morgan fingerprint density at radius 2 is 1.94 bits per heavy atom. The fourth-order valence-electron chi connectivity index (χ4n) is 2.66. The summed E-state index contributed by atoms with van der Waals surface area (Å²) in [6, 6.07) is 0.447. The van der Waals surface area contributed by atoms with Crippen LogP contribution < -0.4 is 5.32 Å². The molecular formula is C14H27N3O. The van der Waals surface area contributed by atoms with E-state index in [1.54, 1.807) is 0 Å². The number of hydrogen-bond acceptors (Lipinski definition) is 3. The minimum absolute atomic E-state index is 0.255. The zero-order valence-electron chi connectivity index (χ0n) is 11.8. The highest BCUT2D eigenvalue weighted by Gasteiger charge is 2.25. The molecule has 1 saturated carbocycles. The Balaban J connectivity index is 1.65. The second-order valence-electron chi connectivity index (χ2n) is 5.74. The van der Waals surface area contributed by atoms with Crippen molar-refractivity contribution in [1.82, 2.24) is 15.1 Å². The number of nitrogens with one attached hydrogen (secondary N) is 1. The lowest BCUT2D eigenvalue weighted by molar-refractivity contribution is -0.131. The number of amides is 1. The van der Waals surface area contributed by atoms with Crippen molar-refractivity contribution in [3.63, 3.8) is 0 Å². The van der Waals surface area contributed by atoms with Crippen molar-refractivity contribution in [2.75, 3.05) is 39.8 Å². The summed E-state index contributed by atoms with van der Waals surface area (Å²) in [4.78, 5) is 16.5. The highest BCUT2D eigenvalue weighted by molar-refractivity contribution is 5.78. The molecule has 4 nitrogen and oxygen atoms in total. The van der Waals surface area contributed by atoms with Gasteiger partial charge < -0.3 is 15.1 Å². The van der Waals surface area contributed by atoms with Gasteiger partial charge in [0.15, 0.2) is 0 Å². The van der Waals surface area contributed by atoms with Gasteiger partial charge in [-0.05, 0) is 44.7 Å². The predicted molar refractivity (Wildman–Crippen MR) is 73.5 cm³/mol. The van der Waals surface area contributed by atoms with Gasteiger partial charge in [-0.25, -0.2) is 0 Å². The van der Waals surface area contributed by atoms with Crippen LogP contribution in [0.15, 0.2) is 0 Å². The van der Waals surface area contributed by atoms with Crippen LogP contribution in [0.1, 0.15) is 32.6 Å². The molecule has 0 unspecified atom stereocenters. The van der Waals surface area contributed by atoms with Gasteiger partial charge in [-0.3, -0.25) is 4.79 Å². The van der Waals surface area contributed by atoms with E-state index in [1.807, 2.05) is 11.9 Å². The van der Waals surface area contributed by atoms with E-state index in [0.29, 0.717) is 12.6 Å². The third kappa shape index (κ3) is 3.95. The van der Waals surface area contributed by atoms with E-state index in [1.165, 1.54) is 12.8 Å². The molecule has 4 heteroatoms. The minimum atomic E-state index is 0.255. The van der Waals surface area contributed by atoms with E-state index in [0.717, 1.165) is 44.9 Å². The highest BCUT2D eigenvalue weighted by Crippen LogP contribution is 2.27. The van der Waals surface area contributed by atoms with Crippen LogP contribution in [0.25, 0.3) is 0 Å². The number of rotatable bonds is 6. The van der Waals surface area contributed by atoms with Crippen LogP contribution in [-0.4, -0.2) is 61.5 Å². The van der Waals surface area contributed by atoms with Crippen molar-refractivity contribution in [2.45, 2.75) is 38.6 Å². The first-order valence-corrected chi connectivity index (χ1v) is 7.39. The summed E-state index contributed by atoms with van der Waals surface area (Å²) in [7, 11) is 1.97. The summed E-state index contributed by atoms with van der Waals surface area (Å²) in [5.41, 5.74) is 0. The van der Waals surface area contributed by atoms with Crippen LogP contribution in [0.3, 0.4) is 0 Å². The number of piperidine rings is 1. The van der Waals surface area contributed by atoms with E-state index >= 15 is 0 Å². The maximum absolute atomic E-state index is 12.0. The van der Waals surface area contributed by atoms with Crippen molar-refractivity contribution in [2.24, 2.45) is 5.92 Å². The van der Waals surface area contributed by atoms with Crippen molar-refractivity contribution in [3.05, 3.63) is 0 Å². The van der Waals surface area contributed by atoms with Crippen molar-refractivity contribution in [3.8, 4) is 0 Å². The molecule has 1 aliphatic carbocycles. The quantitative estimate of drug-likeness (QED) is 0.765. The van der Waals surface area contributed by atoms with E-state index in [4.69, 9.17) is 0 Å². The highest BCUT2D eigenvalue weighted by atomic mass is 16.2. The molecule has 1 saturated heterocycles. The van der Waals surface area contributed by atoms with E-state index in [2.05, 4.69) is 17.1 Å². The summed E-state index contributed by atoms with van der Waals surface area (Å²) in [5, 5.41) is 3.29.